The normalized spacial score (nSPS) is 14.3. The number of ether oxygens (including phenoxy) is 1. The number of anilines is 1. The van der Waals surface area contributed by atoms with Crippen molar-refractivity contribution in [2.45, 2.75) is 52.4 Å². The first-order chi connectivity index (χ1) is 14.2. The van der Waals surface area contributed by atoms with Crippen molar-refractivity contribution in [1.29, 1.82) is 0 Å². The van der Waals surface area contributed by atoms with Crippen LogP contribution in [0.1, 0.15) is 48.1 Å². The highest BCUT2D eigenvalue weighted by Crippen LogP contribution is 2.34. The van der Waals surface area contributed by atoms with Crippen LogP contribution in [0.2, 0.25) is 0 Å². The Labute approximate surface area is 175 Å². The number of rotatable bonds is 8. The van der Waals surface area contributed by atoms with Crippen LogP contribution in [0.5, 0.6) is 5.88 Å². The predicted molar refractivity (Wildman–Crippen MR) is 110 cm³/mol. The minimum absolute atomic E-state index is 0.0101. The summed E-state index contributed by atoms with van der Waals surface area (Å²) in [7, 11) is 1.85. The molecule has 1 atom stereocenters. The Morgan fingerprint density at radius 2 is 1.97 bits per heavy atom. The van der Waals surface area contributed by atoms with Crippen LogP contribution in [0.15, 0.2) is 36.3 Å². The SMILES string of the molecule is CNc1nccc(C)c1CN(C=C1CC1)C(C)c1cnc(OCC(F)(F)F)c(C)c1. The zero-order valence-corrected chi connectivity index (χ0v) is 17.7. The number of halogens is 3. The number of aromatic nitrogens is 2. The summed E-state index contributed by atoms with van der Waals surface area (Å²) in [5, 5.41) is 3.15. The van der Waals surface area contributed by atoms with Crippen LogP contribution in [0.4, 0.5) is 19.0 Å². The molecule has 1 fully saturated rings. The van der Waals surface area contributed by atoms with Crippen molar-refractivity contribution >= 4 is 5.82 Å². The van der Waals surface area contributed by atoms with Crippen molar-refractivity contribution in [2.75, 3.05) is 19.0 Å². The van der Waals surface area contributed by atoms with Crippen LogP contribution < -0.4 is 10.1 Å². The van der Waals surface area contributed by atoms with E-state index in [1.165, 1.54) is 5.57 Å². The van der Waals surface area contributed by atoms with Gasteiger partial charge in [-0.15, -0.1) is 0 Å². The fourth-order valence-electron chi connectivity index (χ4n) is 3.22. The van der Waals surface area contributed by atoms with Gasteiger partial charge >= 0.3 is 6.18 Å². The summed E-state index contributed by atoms with van der Waals surface area (Å²) >= 11 is 0. The van der Waals surface area contributed by atoms with Gasteiger partial charge in [0.15, 0.2) is 6.61 Å². The second-order valence-electron chi connectivity index (χ2n) is 7.64. The van der Waals surface area contributed by atoms with Gasteiger partial charge in [-0.2, -0.15) is 13.2 Å². The Bertz CT molecular complexity index is 921. The number of hydrogen-bond acceptors (Lipinski definition) is 5. The topological polar surface area (TPSA) is 50.3 Å². The molecule has 3 rings (SSSR count). The summed E-state index contributed by atoms with van der Waals surface area (Å²) in [5.74, 6) is 0.850. The van der Waals surface area contributed by atoms with Gasteiger partial charge in [-0.25, -0.2) is 9.97 Å². The molecule has 1 saturated carbocycles. The van der Waals surface area contributed by atoms with Gasteiger partial charge in [0.25, 0.3) is 0 Å². The third-order valence-electron chi connectivity index (χ3n) is 5.16. The lowest BCUT2D eigenvalue weighted by molar-refractivity contribution is -0.154. The van der Waals surface area contributed by atoms with E-state index in [0.717, 1.165) is 35.3 Å². The maximum absolute atomic E-state index is 12.4. The number of allylic oxidation sites excluding steroid dienone is 1. The molecule has 0 aliphatic heterocycles. The summed E-state index contributed by atoms with van der Waals surface area (Å²) in [4.78, 5) is 10.8. The van der Waals surface area contributed by atoms with Crippen molar-refractivity contribution in [1.82, 2.24) is 14.9 Å². The maximum atomic E-state index is 12.4. The summed E-state index contributed by atoms with van der Waals surface area (Å²) in [6, 6.07) is 3.81. The average Bonchev–Trinajstić information content (AvgIpc) is 3.50. The van der Waals surface area contributed by atoms with Crippen molar-refractivity contribution in [3.05, 3.63) is 58.6 Å². The first kappa shape index (κ1) is 21.9. The molecule has 5 nitrogen and oxygen atoms in total. The molecule has 0 radical (unpaired) electrons. The van der Waals surface area contributed by atoms with E-state index in [9.17, 15) is 13.2 Å². The Hall–Kier alpha value is -2.77. The van der Waals surface area contributed by atoms with Gasteiger partial charge < -0.3 is 15.0 Å². The zero-order chi connectivity index (χ0) is 21.9. The molecule has 2 heterocycles. The molecule has 8 heteroatoms. The molecule has 30 heavy (non-hydrogen) atoms. The predicted octanol–water partition coefficient (Wildman–Crippen LogP) is 5.32. The minimum atomic E-state index is -4.39. The molecule has 1 N–H and O–H groups in total. The van der Waals surface area contributed by atoms with E-state index in [4.69, 9.17) is 4.74 Å². The van der Waals surface area contributed by atoms with Crippen molar-refractivity contribution in [3.8, 4) is 5.88 Å². The Kier molecular flexibility index (Phi) is 6.53. The molecule has 1 aliphatic carbocycles. The van der Waals surface area contributed by atoms with Crippen molar-refractivity contribution < 1.29 is 17.9 Å². The minimum Gasteiger partial charge on any atom is -0.468 e. The van der Waals surface area contributed by atoms with E-state index in [-0.39, 0.29) is 11.9 Å². The van der Waals surface area contributed by atoms with E-state index in [0.29, 0.717) is 12.1 Å². The smallest absolute Gasteiger partial charge is 0.422 e. The number of pyridine rings is 2. The Balaban J connectivity index is 1.83. The van der Waals surface area contributed by atoms with Gasteiger partial charge in [0.05, 0.1) is 6.04 Å². The number of nitrogens with one attached hydrogen (secondary N) is 1. The number of nitrogens with zero attached hydrogens (tertiary/aromatic N) is 3. The summed E-state index contributed by atoms with van der Waals surface area (Å²) in [6.07, 6.45) is 3.35. The molecule has 0 spiro atoms. The average molecular weight is 420 g/mol. The lowest BCUT2D eigenvalue weighted by Gasteiger charge is -2.30. The maximum Gasteiger partial charge on any atom is 0.422 e. The molecule has 1 aliphatic rings. The van der Waals surface area contributed by atoms with Crippen LogP contribution in [-0.2, 0) is 6.54 Å². The van der Waals surface area contributed by atoms with Crippen LogP contribution in [0.3, 0.4) is 0 Å². The van der Waals surface area contributed by atoms with E-state index >= 15 is 0 Å². The number of hydrogen-bond donors (Lipinski definition) is 1. The summed E-state index contributed by atoms with van der Waals surface area (Å²) in [6.45, 7) is 5.15. The molecule has 0 aromatic carbocycles. The third kappa shape index (κ3) is 5.64. The molecule has 0 bridgehead atoms. The molecule has 2 aromatic rings. The van der Waals surface area contributed by atoms with E-state index < -0.39 is 12.8 Å². The summed E-state index contributed by atoms with van der Waals surface area (Å²) in [5.41, 5.74) is 5.13. The monoisotopic (exact) mass is 420 g/mol. The third-order valence-corrected chi connectivity index (χ3v) is 5.16. The number of aryl methyl sites for hydroxylation is 2. The van der Waals surface area contributed by atoms with Crippen LogP contribution in [-0.4, -0.2) is 34.7 Å². The second kappa shape index (κ2) is 8.93. The Morgan fingerprint density at radius 1 is 1.23 bits per heavy atom. The highest BCUT2D eigenvalue weighted by Gasteiger charge is 2.29. The number of alkyl halides is 3. The second-order valence-corrected chi connectivity index (χ2v) is 7.64. The van der Waals surface area contributed by atoms with E-state index in [2.05, 4.69) is 40.2 Å². The largest absolute Gasteiger partial charge is 0.468 e. The van der Waals surface area contributed by atoms with Gasteiger partial charge in [0.1, 0.15) is 5.82 Å². The Morgan fingerprint density at radius 3 is 2.57 bits per heavy atom. The van der Waals surface area contributed by atoms with Gasteiger partial charge in [0.2, 0.25) is 5.88 Å². The van der Waals surface area contributed by atoms with Gasteiger partial charge in [0, 0.05) is 37.1 Å². The first-order valence-electron chi connectivity index (χ1n) is 9.91. The highest BCUT2D eigenvalue weighted by molar-refractivity contribution is 5.47. The van der Waals surface area contributed by atoms with Crippen molar-refractivity contribution in [3.63, 3.8) is 0 Å². The van der Waals surface area contributed by atoms with Crippen LogP contribution in [0.25, 0.3) is 0 Å². The zero-order valence-electron chi connectivity index (χ0n) is 17.7. The van der Waals surface area contributed by atoms with Crippen LogP contribution in [0, 0.1) is 13.8 Å². The molecular weight excluding hydrogens is 393 g/mol. The van der Waals surface area contributed by atoms with Crippen molar-refractivity contribution in [2.24, 2.45) is 0 Å². The van der Waals surface area contributed by atoms with E-state index in [1.54, 1.807) is 19.3 Å². The fourth-order valence-corrected chi connectivity index (χ4v) is 3.22. The van der Waals surface area contributed by atoms with Gasteiger partial charge in [-0.05, 0) is 63.1 Å². The molecule has 0 amide bonds. The first-order valence-corrected chi connectivity index (χ1v) is 9.91. The molecule has 0 saturated heterocycles. The standard InChI is InChI=1S/C22H27F3N4O/c1-14-7-8-27-20(26-4)19(14)12-29(11-17-5-6-17)16(3)18-9-15(2)21(28-10-18)30-13-22(23,24)25/h7-11,16H,5-6,12-13H2,1-4H3,(H,26,27). The molecule has 162 valence electrons. The molecule has 2 aromatic heterocycles. The van der Waals surface area contributed by atoms with Gasteiger partial charge in [-0.1, -0.05) is 5.57 Å². The quantitative estimate of drug-likeness (QED) is 0.627. The fraction of sp³-hybridized carbons (Fsp3) is 0.455. The molecule has 1 unspecified atom stereocenters. The lowest BCUT2D eigenvalue weighted by Crippen LogP contribution is -2.23. The lowest BCUT2D eigenvalue weighted by atomic mass is 10.0. The summed E-state index contributed by atoms with van der Waals surface area (Å²) < 4.78 is 42.2. The van der Waals surface area contributed by atoms with Crippen LogP contribution >= 0.6 is 0 Å². The van der Waals surface area contributed by atoms with Gasteiger partial charge in [-0.3, -0.25) is 0 Å². The van der Waals surface area contributed by atoms with E-state index in [1.807, 2.05) is 19.2 Å². The molecular formula is C22H27F3N4O. The highest BCUT2D eigenvalue weighted by atomic mass is 19.4.